The van der Waals surface area contributed by atoms with Crippen molar-refractivity contribution in [2.45, 2.75) is 142 Å². The number of cyclic esters (lactones) is 1. The van der Waals surface area contributed by atoms with E-state index in [0.717, 1.165) is 16.1 Å². The van der Waals surface area contributed by atoms with Gasteiger partial charge in [0, 0.05) is 49.0 Å². The molecule has 350 valence electrons. The summed E-state index contributed by atoms with van der Waals surface area (Å²) in [6.07, 6.45) is -1.61. The van der Waals surface area contributed by atoms with E-state index in [2.05, 4.69) is 20.2 Å². The zero-order valence-electron chi connectivity index (χ0n) is 38.5. The first-order chi connectivity index (χ1) is 30.3. The number of carbonyl (C=O) groups excluding carboxylic acids is 3. The SMILES string of the molecule is CC[C@H]1OC(=O)[C@H](C)C(=O)[C@H](C)[C@@H](O[C@@H]2O[C@H](C)C[C@H](N(C)C)[C@H]2O)[C@@]2(C)C[C@@H](C)C(=NC(C)=O)C[C@@H](OC/C(=N/OCc3ccc(-n4ccc(-c5cccs5)n4)nc3)CO2)[C@]1(C)O. The number of hydrogen-bond acceptors (Lipinski definition) is 16. The van der Waals surface area contributed by atoms with Gasteiger partial charge in [0.15, 0.2) is 17.9 Å². The summed E-state index contributed by atoms with van der Waals surface area (Å²) >= 11 is 1.61. The van der Waals surface area contributed by atoms with Crippen LogP contribution in [0.1, 0.15) is 86.6 Å². The molecule has 3 aromatic rings. The summed E-state index contributed by atoms with van der Waals surface area (Å²) in [7, 11) is 3.73. The lowest BCUT2D eigenvalue weighted by atomic mass is 9.76. The number of ether oxygens (including phenoxy) is 5. The Morgan fingerprint density at radius 1 is 1.11 bits per heavy atom. The minimum atomic E-state index is -1.84. The first kappa shape index (κ1) is 49.2. The van der Waals surface area contributed by atoms with Crippen molar-refractivity contribution in [1.29, 1.82) is 0 Å². The standard InChI is InChI=1S/C46H64N6O11S/c1-11-37-46(8,57)38-20-34(48-30(6)53)26(2)21-45(7,42(28(4)40(54)29(5)43(56)62-37)63-44-41(55)35(51(9)10)19-27(3)61-44)59-25-32(24-58-38)50-60-23-31-14-15-39(47-22-31)52-17-16-33(49-52)36-13-12-18-64-36/h12-18,22,26-29,35,37-38,41-42,44,55,57H,11,19-21,23-25H2,1-10H3/b48-34?,50-32-/t26-,27-,28+,29-,35+,37-,38-,41-,42-,44+,45-,46-/m1/s1. The lowest BCUT2D eigenvalue weighted by Gasteiger charge is -2.47. The molecule has 1 amide bonds. The predicted octanol–water partition coefficient (Wildman–Crippen LogP) is 5.19. The molecule has 0 aliphatic carbocycles. The summed E-state index contributed by atoms with van der Waals surface area (Å²) in [5.74, 6) is -3.98. The number of aromatic nitrogens is 3. The van der Waals surface area contributed by atoms with Crippen molar-refractivity contribution in [3.05, 3.63) is 53.7 Å². The van der Waals surface area contributed by atoms with E-state index in [4.69, 9.17) is 28.5 Å². The van der Waals surface area contributed by atoms with E-state index in [1.54, 1.807) is 43.0 Å². The van der Waals surface area contributed by atoms with Gasteiger partial charge in [0.25, 0.3) is 0 Å². The average molecular weight is 909 g/mol. The molecule has 2 N–H and O–H groups in total. The highest BCUT2D eigenvalue weighted by molar-refractivity contribution is 7.13. The van der Waals surface area contributed by atoms with Gasteiger partial charge in [-0.05, 0) is 90.5 Å². The molecule has 0 unspecified atom stereocenters. The van der Waals surface area contributed by atoms with Crippen molar-refractivity contribution in [1.82, 2.24) is 19.7 Å². The molecule has 0 saturated carbocycles. The first-order valence-corrected chi connectivity index (χ1v) is 22.9. The number of rotatable bonds is 9. The maximum Gasteiger partial charge on any atom is 0.316 e. The molecule has 3 aliphatic rings. The summed E-state index contributed by atoms with van der Waals surface area (Å²) in [6, 6.07) is 9.29. The largest absolute Gasteiger partial charge is 0.459 e. The number of hydrogen-bond donors (Lipinski definition) is 2. The fourth-order valence-electron chi connectivity index (χ4n) is 8.86. The number of oxime groups is 1. The monoisotopic (exact) mass is 908 g/mol. The normalized spacial score (nSPS) is 34.8. The zero-order valence-corrected chi connectivity index (χ0v) is 39.3. The minimum Gasteiger partial charge on any atom is -0.459 e. The Balaban J connectivity index is 1.38. The number of pyridine rings is 1. The van der Waals surface area contributed by atoms with Gasteiger partial charge in [-0.2, -0.15) is 5.10 Å². The Bertz CT molecular complexity index is 2120. The third-order valence-electron chi connectivity index (χ3n) is 12.6. The number of aliphatic hydroxyl groups excluding tert-OH is 1. The van der Waals surface area contributed by atoms with E-state index in [0.29, 0.717) is 18.0 Å². The molecular weight excluding hydrogens is 845 g/mol. The molecule has 0 aromatic carbocycles. The number of nitrogens with zero attached hydrogens (tertiary/aromatic N) is 6. The second-order valence-electron chi connectivity index (χ2n) is 18.0. The van der Waals surface area contributed by atoms with Crippen LogP contribution in [0, 0.1) is 17.8 Å². The van der Waals surface area contributed by atoms with Gasteiger partial charge in [0.2, 0.25) is 5.91 Å². The number of Topliss-reactive ketones (excluding diaryl/α,β-unsaturated/α-hetero) is 1. The predicted molar refractivity (Wildman–Crippen MR) is 239 cm³/mol. The summed E-state index contributed by atoms with van der Waals surface area (Å²) < 4.78 is 34.1. The van der Waals surface area contributed by atoms with Gasteiger partial charge in [0.05, 0.1) is 42.0 Å². The lowest BCUT2D eigenvalue weighted by Crippen LogP contribution is -2.59. The van der Waals surface area contributed by atoms with Crippen LogP contribution in [0.2, 0.25) is 0 Å². The van der Waals surface area contributed by atoms with Crippen LogP contribution in [0.15, 0.2) is 58.3 Å². The van der Waals surface area contributed by atoms with Gasteiger partial charge in [-0.3, -0.25) is 14.4 Å². The Labute approximate surface area is 379 Å². The fourth-order valence-corrected chi connectivity index (χ4v) is 9.55. The van der Waals surface area contributed by atoms with Crippen LogP contribution >= 0.6 is 11.3 Å². The molecule has 0 radical (unpaired) electrons. The van der Waals surface area contributed by atoms with Crippen molar-refractivity contribution in [3.8, 4) is 16.4 Å². The Morgan fingerprint density at radius 3 is 2.53 bits per heavy atom. The van der Waals surface area contributed by atoms with Crippen molar-refractivity contribution in [2.24, 2.45) is 27.9 Å². The van der Waals surface area contributed by atoms with E-state index in [9.17, 15) is 24.6 Å². The quantitative estimate of drug-likeness (QED) is 0.161. The number of aliphatic imine (C=N–C) groups is 1. The summed E-state index contributed by atoms with van der Waals surface area (Å²) in [4.78, 5) is 59.0. The highest BCUT2D eigenvalue weighted by atomic mass is 32.1. The molecule has 3 aliphatic heterocycles. The highest BCUT2D eigenvalue weighted by Gasteiger charge is 2.52. The molecule has 64 heavy (non-hydrogen) atoms. The minimum absolute atomic E-state index is 0.0306. The maximum atomic E-state index is 14.5. The topological polar surface area (TPSA) is 206 Å². The molecular formula is C46H64N6O11S. The van der Waals surface area contributed by atoms with Crippen LogP contribution in [-0.4, -0.2) is 140 Å². The molecule has 18 heteroatoms. The molecule has 0 spiro atoms. The molecule has 3 aromatic heterocycles. The van der Waals surface area contributed by atoms with Crippen LogP contribution in [0.25, 0.3) is 16.4 Å². The number of fused-ring (bicyclic) bond motifs is 5. The number of aliphatic hydroxyl groups is 2. The van der Waals surface area contributed by atoms with Gasteiger partial charge in [-0.15, -0.1) is 11.3 Å². The summed E-state index contributed by atoms with van der Waals surface area (Å²) in [6.45, 7) is 12.9. The molecule has 3 saturated heterocycles. The molecule has 3 fully saturated rings. The van der Waals surface area contributed by atoms with Crippen LogP contribution in [0.4, 0.5) is 0 Å². The van der Waals surface area contributed by atoms with Crippen molar-refractivity contribution >= 4 is 40.4 Å². The molecule has 2 bridgehead atoms. The smallest absolute Gasteiger partial charge is 0.316 e. The van der Waals surface area contributed by atoms with E-state index in [-0.39, 0.29) is 56.9 Å². The van der Waals surface area contributed by atoms with Crippen molar-refractivity contribution < 1.29 is 53.1 Å². The highest BCUT2D eigenvalue weighted by Crippen LogP contribution is 2.39. The van der Waals surface area contributed by atoms with Crippen molar-refractivity contribution in [2.75, 3.05) is 27.3 Å². The molecule has 17 nitrogen and oxygen atoms in total. The van der Waals surface area contributed by atoms with Gasteiger partial charge >= 0.3 is 5.97 Å². The third kappa shape index (κ3) is 11.4. The van der Waals surface area contributed by atoms with Crippen LogP contribution in [-0.2, 0) is 49.5 Å². The number of amides is 1. The summed E-state index contributed by atoms with van der Waals surface area (Å²) in [5, 5.41) is 35.1. The zero-order chi connectivity index (χ0) is 46.5. The maximum absolute atomic E-state index is 14.5. The Morgan fingerprint density at radius 2 is 1.88 bits per heavy atom. The van der Waals surface area contributed by atoms with Gasteiger partial charge in [0.1, 0.15) is 41.7 Å². The van der Waals surface area contributed by atoms with E-state index in [1.165, 1.54) is 20.8 Å². The second-order valence-corrected chi connectivity index (χ2v) is 19.0. The van der Waals surface area contributed by atoms with E-state index >= 15 is 0 Å². The average Bonchev–Trinajstić information content (AvgIpc) is 3.97. The molecule has 12 atom stereocenters. The molecule has 6 rings (SSSR count). The van der Waals surface area contributed by atoms with E-state index < -0.39 is 77.3 Å². The van der Waals surface area contributed by atoms with Crippen LogP contribution in [0.5, 0.6) is 0 Å². The second kappa shape index (κ2) is 20.9. The first-order valence-electron chi connectivity index (χ1n) is 22.0. The van der Waals surface area contributed by atoms with Gasteiger partial charge in [-0.1, -0.05) is 38.1 Å². The Hall–Kier alpha value is -4.27. The number of carbonyl (C=O) groups is 3. The molecule has 6 heterocycles. The Kier molecular flexibility index (Phi) is 16.1. The van der Waals surface area contributed by atoms with E-state index in [1.807, 2.05) is 74.8 Å². The van der Waals surface area contributed by atoms with Gasteiger partial charge < -0.3 is 43.6 Å². The van der Waals surface area contributed by atoms with Crippen LogP contribution in [0.3, 0.4) is 0 Å². The number of thiophene rings is 1. The lowest BCUT2D eigenvalue weighted by molar-refractivity contribution is -0.296. The van der Waals surface area contributed by atoms with Gasteiger partial charge in [-0.25, -0.2) is 14.7 Å². The summed E-state index contributed by atoms with van der Waals surface area (Å²) in [5.41, 5.74) is -0.979. The van der Waals surface area contributed by atoms with Crippen LogP contribution < -0.4 is 0 Å². The number of likely N-dealkylation sites (N-methyl/N-ethyl adjacent to an activating group) is 1. The third-order valence-corrected chi connectivity index (χ3v) is 13.5. The number of esters is 1. The van der Waals surface area contributed by atoms with Crippen molar-refractivity contribution in [3.63, 3.8) is 0 Å². The fraction of sp³-hybridized carbons (Fsp3) is 0.630. The number of ketones is 1.